The van der Waals surface area contributed by atoms with Gasteiger partial charge in [-0.05, 0) is 57.6 Å². The number of hydrogen-bond donors (Lipinski definition) is 0. The second-order valence-electron chi connectivity index (χ2n) is 7.67. The molecule has 27 heavy (non-hydrogen) atoms. The molecule has 0 saturated carbocycles. The van der Waals surface area contributed by atoms with Crippen molar-refractivity contribution in [1.82, 2.24) is 4.90 Å². The van der Waals surface area contributed by atoms with Crippen molar-refractivity contribution in [3.63, 3.8) is 0 Å². The van der Waals surface area contributed by atoms with Gasteiger partial charge in [-0.1, -0.05) is 29.8 Å². The summed E-state index contributed by atoms with van der Waals surface area (Å²) in [6, 6.07) is 12.3. The summed E-state index contributed by atoms with van der Waals surface area (Å²) in [4.78, 5) is 14.2. The molecule has 0 bridgehead atoms. The van der Waals surface area contributed by atoms with Gasteiger partial charge in [-0.15, -0.1) is 0 Å². The lowest BCUT2D eigenvalue weighted by molar-refractivity contribution is 0.101. The van der Waals surface area contributed by atoms with Crippen molar-refractivity contribution in [2.45, 2.75) is 37.1 Å². The third-order valence-electron chi connectivity index (χ3n) is 5.70. The van der Waals surface area contributed by atoms with E-state index in [9.17, 15) is 13.2 Å². The van der Waals surface area contributed by atoms with E-state index in [4.69, 9.17) is 0 Å². The summed E-state index contributed by atoms with van der Waals surface area (Å²) in [7, 11) is -1.66. The maximum absolute atomic E-state index is 13.6. The summed E-state index contributed by atoms with van der Waals surface area (Å²) in [6.07, 6.45) is 0.792. The fourth-order valence-electron chi connectivity index (χ4n) is 4.34. The zero-order valence-electron chi connectivity index (χ0n) is 15.8. The van der Waals surface area contributed by atoms with Gasteiger partial charge in [0.1, 0.15) is 0 Å². The summed E-state index contributed by atoms with van der Waals surface area (Å²) >= 11 is 0. The van der Waals surface area contributed by atoms with Crippen LogP contribution in [0.3, 0.4) is 0 Å². The number of fused-ring (bicyclic) bond motifs is 3. The van der Waals surface area contributed by atoms with Crippen LogP contribution in [0.25, 0.3) is 0 Å². The monoisotopic (exact) mass is 384 g/mol. The number of piperidine rings is 1. The first kappa shape index (κ1) is 18.2. The zero-order chi connectivity index (χ0) is 19.3. The topological polar surface area (TPSA) is 57.7 Å². The number of nitrogens with zero attached hydrogens (tertiary/aromatic N) is 2. The number of hydrogen-bond acceptors (Lipinski definition) is 4. The lowest BCUT2D eigenvalue weighted by atomic mass is 9.89. The number of likely N-dealkylation sites (tertiary alicyclic amines) is 1. The molecule has 0 radical (unpaired) electrons. The van der Waals surface area contributed by atoms with E-state index in [0.717, 1.165) is 36.3 Å². The first-order valence-electron chi connectivity index (χ1n) is 9.23. The molecule has 142 valence electrons. The Morgan fingerprint density at radius 1 is 1.15 bits per heavy atom. The van der Waals surface area contributed by atoms with Crippen LogP contribution in [0.2, 0.25) is 0 Å². The smallest absolute Gasteiger partial charge is 0.264 e. The molecule has 1 fully saturated rings. The minimum Gasteiger partial charge on any atom is -0.306 e. The zero-order valence-corrected chi connectivity index (χ0v) is 16.7. The third kappa shape index (κ3) is 2.97. The van der Waals surface area contributed by atoms with Gasteiger partial charge in [0, 0.05) is 18.0 Å². The number of sulfonamides is 1. The molecule has 2 aliphatic heterocycles. The molecule has 2 aromatic carbocycles. The molecule has 4 rings (SSSR count). The normalized spacial score (nSPS) is 22.4. The Labute approximate surface area is 160 Å². The van der Waals surface area contributed by atoms with Crippen LogP contribution in [-0.2, 0) is 10.0 Å². The van der Waals surface area contributed by atoms with Gasteiger partial charge in [0.05, 0.1) is 16.6 Å². The standard InChI is InChI=1S/C21H24N2O3S/c1-14-7-8-20-18(11-14)19-13-22(3)10-9-21(19)23(20)27(25,26)17-6-4-5-16(12-17)15(2)24/h4-8,11-12,19,21H,9-10,13H2,1-3H3/t19-,21-/m0/s1. The van der Waals surface area contributed by atoms with Gasteiger partial charge in [-0.3, -0.25) is 9.10 Å². The summed E-state index contributed by atoms with van der Waals surface area (Å²) < 4.78 is 28.8. The maximum Gasteiger partial charge on any atom is 0.264 e. The molecule has 6 heteroatoms. The van der Waals surface area contributed by atoms with Crippen LogP contribution in [0.5, 0.6) is 0 Å². The molecule has 2 heterocycles. The van der Waals surface area contributed by atoms with E-state index in [2.05, 4.69) is 18.0 Å². The van der Waals surface area contributed by atoms with Gasteiger partial charge >= 0.3 is 0 Å². The summed E-state index contributed by atoms with van der Waals surface area (Å²) in [5.41, 5.74) is 3.44. The van der Waals surface area contributed by atoms with E-state index in [1.54, 1.807) is 22.5 Å². The number of benzene rings is 2. The third-order valence-corrected chi connectivity index (χ3v) is 7.53. The highest BCUT2D eigenvalue weighted by Crippen LogP contribution is 2.47. The Morgan fingerprint density at radius 3 is 2.67 bits per heavy atom. The van der Waals surface area contributed by atoms with Crippen molar-refractivity contribution >= 4 is 21.5 Å². The molecule has 0 aliphatic carbocycles. The molecule has 0 amide bonds. The Hall–Kier alpha value is -2.18. The largest absolute Gasteiger partial charge is 0.306 e. The van der Waals surface area contributed by atoms with Gasteiger partial charge in [0.2, 0.25) is 0 Å². The highest BCUT2D eigenvalue weighted by Gasteiger charge is 2.46. The van der Waals surface area contributed by atoms with Gasteiger partial charge in [0.15, 0.2) is 5.78 Å². The first-order chi connectivity index (χ1) is 12.8. The van der Waals surface area contributed by atoms with Gasteiger partial charge < -0.3 is 4.90 Å². The molecule has 2 aliphatic rings. The minimum absolute atomic E-state index is 0.0796. The van der Waals surface area contributed by atoms with Crippen molar-refractivity contribution in [2.24, 2.45) is 0 Å². The fourth-order valence-corrected chi connectivity index (χ4v) is 6.12. The van der Waals surface area contributed by atoms with Crippen LogP contribution in [0.1, 0.15) is 40.7 Å². The molecule has 2 atom stereocenters. The molecule has 0 unspecified atom stereocenters. The second-order valence-corrected chi connectivity index (χ2v) is 9.49. The predicted octanol–water partition coefficient (Wildman–Crippen LogP) is 3.19. The number of ketones is 1. The van der Waals surface area contributed by atoms with Crippen molar-refractivity contribution in [1.29, 1.82) is 0 Å². The molecule has 0 N–H and O–H groups in total. The van der Waals surface area contributed by atoms with E-state index >= 15 is 0 Å². The van der Waals surface area contributed by atoms with Crippen molar-refractivity contribution in [3.05, 3.63) is 59.2 Å². The van der Waals surface area contributed by atoms with Crippen LogP contribution in [0.4, 0.5) is 5.69 Å². The van der Waals surface area contributed by atoms with Crippen molar-refractivity contribution < 1.29 is 13.2 Å². The van der Waals surface area contributed by atoms with E-state index < -0.39 is 10.0 Å². The quantitative estimate of drug-likeness (QED) is 0.763. The van der Waals surface area contributed by atoms with E-state index in [1.165, 1.54) is 13.0 Å². The van der Waals surface area contributed by atoms with E-state index in [1.807, 2.05) is 19.1 Å². The number of Topliss-reactive ketones (excluding diaryl/α,β-unsaturated/α-hetero) is 1. The van der Waals surface area contributed by atoms with Crippen LogP contribution < -0.4 is 4.31 Å². The number of likely N-dealkylation sites (N-methyl/N-ethyl adjacent to an activating group) is 1. The highest BCUT2D eigenvalue weighted by atomic mass is 32.2. The highest BCUT2D eigenvalue weighted by molar-refractivity contribution is 7.92. The molecular formula is C21H24N2O3S. The van der Waals surface area contributed by atoms with Crippen molar-refractivity contribution in [2.75, 3.05) is 24.4 Å². The molecule has 2 aromatic rings. The predicted molar refractivity (Wildman–Crippen MR) is 106 cm³/mol. The first-order valence-corrected chi connectivity index (χ1v) is 10.7. The Kier molecular flexibility index (Phi) is 4.35. The number of carbonyl (C=O) groups excluding carboxylic acids is 1. The van der Waals surface area contributed by atoms with E-state index in [0.29, 0.717) is 5.56 Å². The number of aryl methyl sites for hydroxylation is 1. The Balaban J connectivity index is 1.85. The van der Waals surface area contributed by atoms with E-state index in [-0.39, 0.29) is 22.6 Å². The fraction of sp³-hybridized carbons (Fsp3) is 0.381. The maximum atomic E-state index is 13.6. The number of rotatable bonds is 3. The van der Waals surface area contributed by atoms with Crippen molar-refractivity contribution in [3.8, 4) is 0 Å². The van der Waals surface area contributed by atoms with Gasteiger partial charge in [-0.25, -0.2) is 8.42 Å². The number of anilines is 1. The summed E-state index contributed by atoms with van der Waals surface area (Å²) in [5, 5.41) is 0. The van der Waals surface area contributed by atoms with Gasteiger partial charge in [-0.2, -0.15) is 0 Å². The average molecular weight is 385 g/mol. The summed E-state index contributed by atoms with van der Waals surface area (Å²) in [6.45, 7) is 5.20. The molecular weight excluding hydrogens is 360 g/mol. The lowest BCUT2D eigenvalue weighted by Crippen LogP contribution is -2.47. The minimum atomic E-state index is -3.75. The average Bonchev–Trinajstić information content (AvgIpc) is 2.95. The summed E-state index contributed by atoms with van der Waals surface area (Å²) in [5.74, 6) is 0.0334. The molecule has 0 spiro atoms. The van der Waals surface area contributed by atoms with Crippen LogP contribution in [0.15, 0.2) is 47.4 Å². The van der Waals surface area contributed by atoms with Crippen LogP contribution in [-0.4, -0.2) is 45.3 Å². The van der Waals surface area contributed by atoms with Crippen LogP contribution >= 0.6 is 0 Å². The molecule has 5 nitrogen and oxygen atoms in total. The second kappa shape index (κ2) is 6.46. The lowest BCUT2D eigenvalue weighted by Gasteiger charge is -2.36. The molecule has 0 aromatic heterocycles. The van der Waals surface area contributed by atoms with Gasteiger partial charge in [0.25, 0.3) is 10.0 Å². The Bertz CT molecular complexity index is 1020. The number of carbonyl (C=O) groups is 1. The Morgan fingerprint density at radius 2 is 1.93 bits per heavy atom. The molecule has 1 saturated heterocycles. The SMILES string of the molecule is CC(=O)c1cccc(S(=O)(=O)N2c3ccc(C)cc3[C@@H]3CN(C)CC[C@@H]32)c1. The van der Waals surface area contributed by atoms with Crippen LogP contribution in [0, 0.1) is 6.92 Å².